The van der Waals surface area contributed by atoms with E-state index in [0.717, 1.165) is 77.5 Å². The molecule has 6 nitrogen and oxygen atoms in total. The van der Waals surface area contributed by atoms with Crippen LogP contribution < -0.4 is 10.6 Å². The minimum Gasteiger partial charge on any atom is -0.379 e. The van der Waals surface area contributed by atoms with Crippen molar-refractivity contribution in [2.75, 3.05) is 46.1 Å². The lowest BCUT2D eigenvalue weighted by atomic mass is 10.2. The molecular weight excluding hydrogens is 354 g/mol. The highest BCUT2D eigenvalue weighted by atomic mass is 16.5. The standard InChI is InChI=1S/C22H37N3O3/c1-2-23-22(25-14-9-16-27-19-21-12-8-17-28-21)24-13-6-7-15-26-18-20-10-4-3-5-11-20/h3-5,10-11,21H,2,6-9,12-19H2,1H3,(H2,23,24,25). The van der Waals surface area contributed by atoms with Gasteiger partial charge in [0, 0.05) is 39.5 Å². The van der Waals surface area contributed by atoms with Crippen LogP contribution in [0, 0.1) is 0 Å². The van der Waals surface area contributed by atoms with Crippen LogP contribution in [0.3, 0.4) is 0 Å². The molecule has 1 unspecified atom stereocenters. The second-order valence-electron chi connectivity index (χ2n) is 7.00. The molecule has 0 aromatic heterocycles. The molecule has 0 saturated carbocycles. The number of hydrogen-bond donors (Lipinski definition) is 2. The first-order valence-corrected chi connectivity index (χ1v) is 10.7. The Hall–Kier alpha value is -1.63. The molecule has 0 amide bonds. The molecule has 6 heteroatoms. The van der Waals surface area contributed by atoms with Crippen LogP contribution in [0.15, 0.2) is 35.3 Å². The molecule has 0 radical (unpaired) electrons. The van der Waals surface area contributed by atoms with E-state index < -0.39 is 0 Å². The quantitative estimate of drug-likeness (QED) is 0.290. The lowest BCUT2D eigenvalue weighted by molar-refractivity contribution is 0.0171. The molecule has 1 saturated heterocycles. The molecule has 1 aromatic carbocycles. The Morgan fingerprint density at radius 3 is 2.75 bits per heavy atom. The summed E-state index contributed by atoms with van der Waals surface area (Å²) in [6, 6.07) is 10.3. The van der Waals surface area contributed by atoms with Crippen LogP contribution in [0.5, 0.6) is 0 Å². The van der Waals surface area contributed by atoms with Crippen molar-refractivity contribution in [3.63, 3.8) is 0 Å². The van der Waals surface area contributed by atoms with Crippen LogP contribution in [0.4, 0.5) is 0 Å². The largest absolute Gasteiger partial charge is 0.379 e. The summed E-state index contributed by atoms with van der Waals surface area (Å²) in [6.45, 7) is 8.42. The fourth-order valence-electron chi connectivity index (χ4n) is 2.99. The van der Waals surface area contributed by atoms with Crippen LogP contribution in [-0.4, -0.2) is 58.1 Å². The van der Waals surface area contributed by atoms with Gasteiger partial charge >= 0.3 is 0 Å². The van der Waals surface area contributed by atoms with Crippen LogP contribution in [0.2, 0.25) is 0 Å². The zero-order valence-corrected chi connectivity index (χ0v) is 17.3. The third-order valence-electron chi connectivity index (χ3n) is 4.51. The third kappa shape index (κ3) is 10.6. The van der Waals surface area contributed by atoms with Gasteiger partial charge in [-0.15, -0.1) is 0 Å². The fourth-order valence-corrected chi connectivity index (χ4v) is 2.99. The SMILES string of the molecule is CCNC(=NCCCOCC1CCCO1)NCCCCOCc1ccccc1. The van der Waals surface area contributed by atoms with Gasteiger partial charge < -0.3 is 24.8 Å². The maximum Gasteiger partial charge on any atom is 0.191 e. The summed E-state index contributed by atoms with van der Waals surface area (Å²) in [4.78, 5) is 4.61. The Kier molecular flexibility index (Phi) is 12.4. The van der Waals surface area contributed by atoms with Crippen molar-refractivity contribution < 1.29 is 14.2 Å². The number of ether oxygens (including phenoxy) is 3. The minimum atomic E-state index is 0.305. The zero-order valence-electron chi connectivity index (χ0n) is 17.3. The van der Waals surface area contributed by atoms with Crippen molar-refractivity contribution in [2.45, 2.75) is 51.7 Å². The van der Waals surface area contributed by atoms with Crippen LogP contribution >= 0.6 is 0 Å². The smallest absolute Gasteiger partial charge is 0.191 e. The van der Waals surface area contributed by atoms with Gasteiger partial charge in [0.15, 0.2) is 5.96 Å². The minimum absolute atomic E-state index is 0.305. The number of unbranched alkanes of at least 4 members (excludes halogenated alkanes) is 1. The van der Waals surface area contributed by atoms with Crippen LogP contribution in [0.25, 0.3) is 0 Å². The third-order valence-corrected chi connectivity index (χ3v) is 4.51. The molecule has 0 bridgehead atoms. The summed E-state index contributed by atoms with van der Waals surface area (Å²) in [5, 5.41) is 6.68. The monoisotopic (exact) mass is 391 g/mol. The van der Waals surface area contributed by atoms with Gasteiger partial charge in [-0.25, -0.2) is 0 Å². The van der Waals surface area contributed by atoms with E-state index in [1.165, 1.54) is 5.56 Å². The highest BCUT2D eigenvalue weighted by molar-refractivity contribution is 5.79. The predicted molar refractivity (Wildman–Crippen MR) is 114 cm³/mol. The van der Waals surface area contributed by atoms with E-state index in [0.29, 0.717) is 19.3 Å². The van der Waals surface area contributed by atoms with E-state index in [-0.39, 0.29) is 0 Å². The van der Waals surface area contributed by atoms with E-state index in [1.807, 2.05) is 18.2 Å². The lowest BCUT2D eigenvalue weighted by Gasteiger charge is -2.12. The molecule has 1 heterocycles. The molecule has 1 aromatic rings. The van der Waals surface area contributed by atoms with Crippen LogP contribution in [-0.2, 0) is 20.8 Å². The molecule has 1 fully saturated rings. The number of nitrogens with one attached hydrogen (secondary N) is 2. The Morgan fingerprint density at radius 2 is 1.96 bits per heavy atom. The van der Waals surface area contributed by atoms with Crippen molar-refractivity contribution in [2.24, 2.45) is 4.99 Å². The molecule has 0 spiro atoms. The molecule has 1 aliphatic rings. The molecular formula is C22H37N3O3. The van der Waals surface area contributed by atoms with E-state index in [4.69, 9.17) is 14.2 Å². The van der Waals surface area contributed by atoms with Crippen molar-refractivity contribution in [3.8, 4) is 0 Å². The Bertz CT molecular complexity index is 519. The average molecular weight is 392 g/mol. The normalized spacial score (nSPS) is 17.0. The van der Waals surface area contributed by atoms with E-state index in [1.54, 1.807) is 0 Å². The van der Waals surface area contributed by atoms with Crippen molar-refractivity contribution >= 4 is 5.96 Å². The van der Waals surface area contributed by atoms with Crippen LogP contribution in [0.1, 0.15) is 44.6 Å². The number of guanidine groups is 1. The fraction of sp³-hybridized carbons (Fsp3) is 0.682. The molecule has 2 rings (SSSR count). The average Bonchev–Trinajstić information content (AvgIpc) is 3.24. The summed E-state index contributed by atoms with van der Waals surface area (Å²) in [6.07, 6.45) is 5.62. The maximum atomic E-state index is 5.72. The zero-order chi connectivity index (χ0) is 19.7. The second kappa shape index (κ2) is 15.3. The first-order chi connectivity index (χ1) is 13.9. The van der Waals surface area contributed by atoms with Crippen molar-refractivity contribution in [1.82, 2.24) is 10.6 Å². The first kappa shape index (κ1) is 22.7. The first-order valence-electron chi connectivity index (χ1n) is 10.7. The van der Waals surface area contributed by atoms with E-state index in [2.05, 4.69) is 34.7 Å². The lowest BCUT2D eigenvalue weighted by Crippen LogP contribution is -2.38. The number of benzene rings is 1. The Labute approximate surface area is 170 Å². The Balaban J connectivity index is 1.45. The van der Waals surface area contributed by atoms with Gasteiger partial charge in [-0.3, -0.25) is 4.99 Å². The molecule has 158 valence electrons. The van der Waals surface area contributed by atoms with Gasteiger partial charge in [-0.05, 0) is 44.6 Å². The van der Waals surface area contributed by atoms with Gasteiger partial charge in [-0.1, -0.05) is 30.3 Å². The Morgan fingerprint density at radius 1 is 1.11 bits per heavy atom. The number of aliphatic imine (C=N–C) groups is 1. The van der Waals surface area contributed by atoms with E-state index >= 15 is 0 Å². The van der Waals surface area contributed by atoms with Gasteiger partial charge in [0.05, 0.1) is 19.3 Å². The maximum absolute atomic E-state index is 5.72. The summed E-state index contributed by atoms with van der Waals surface area (Å²) in [5.41, 5.74) is 1.22. The van der Waals surface area contributed by atoms with Gasteiger partial charge in [0.2, 0.25) is 0 Å². The number of nitrogens with zero attached hydrogens (tertiary/aromatic N) is 1. The molecule has 2 N–H and O–H groups in total. The molecule has 1 aliphatic heterocycles. The van der Waals surface area contributed by atoms with Gasteiger partial charge in [0.1, 0.15) is 0 Å². The highest BCUT2D eigenvalue weighted by Gasteiger charge is 2.14. The summed E-state index contributed by atoms with van der Waals surface area (Å²) in [7, 11) is 0. The topological polar surface area (TPSA) is 64.1 Å². The molecule has 1 atom stereocenters. The molecule has 0 aliphatic carbocycles. The number of hydrogen-bond acceptors (Lipinski definition) is 4. The van der Waals surface area contributed by atoms with Gasteiger partial charge in [-0.2, -0.15) is 0 Å². The summed E-state index contributed by atoms with van der Waals surface area (Å²) >= 11 is 0. The van der Waals surface area contributed by atoms with Gasteiger partial charge in [0.25, 0.3) is 0 Å². The van der Waals surface area contributed by atoms with Crippen molar-refractivity contribution in [3.05, 3.63) is 35.9 Å². The predicted octanol–water partition coefficient (Wildman–Crippen LogP) is 3.12. The van der Waals surface area contributed by atoms with E-state index in [9.17, 15) is 0 Å². The summed E-state index contributed by atoms with van der Waals surface area (Å²) < 4.78 is 16.9. The second-order valence-corrected chi connectivity index (χ2v) is 7.00. The highest BCUT2D eigenvalue weighted by Crippen LogP contribution is 2.11. The molecule has 28 heavy (non-hydrogen) atoms. The summed E-state index contributed by atoms with van der Waals surface area (Å²) in [5.74, 6) is 0.881. The van der Waals surface area contributed by atoms with Crippen molar-refractivity contribution in [1.29, 1.82) is 0 Å². The number of rotatable bonds is 14.